The number of nitrogens with one attached hydrogen (secondary N) is 1. The van der Waals surface area contributed by atoms with E-state index in [0.717, 1.165) is 7.11 Å². The molecule has 0 rings (SSSR count). The topological polar surface area (TPSA) is 95.6 Å². The van der Waals surface area contributed by atoms with Crippen LogP contribution in [0.2, 0.25) is 0 Å². The summed E-state index contributed by atoms with van der Waals surface area (Å²) in [7, 11) is 1.00. The molecule has 5 nitrogen and oxygen atoms in total. The maximum absolute atomic E-state index is 11.9. The average molecular weight is 286 g/mol. The van der Waals surface area contributed by atoms with E-state index < -0.39 is 30.7 Å². The molecule has 0 aliphatic rings. The number of hydrogen-bond donors (Lipinski definition) is 4. The van der Waals surface area contributed by atoms with Gasteiger partial charge in [0.15, 0.2) is 0 Å². The van der Waals surface area contributed by atoms with Gasteiger partial charge in [0, 0.05) is 26.1 Å². The Morgan fingerprint density at radius 2 is 2.00 bits per heavy atom. The highest BCUT2D eigenvalue weighted by Crippen LogP contribution is 2.22. The summed E-state index contributed by atoms with van der Waals surface area (Å²) >= 11 is 0. The lowest BCUT2D eigenvalue weighted by Crippen LogP contribution is -2.39. The molecule has 2 atom stereocenters. The van der Waals surface area contributed by atoms with Gasteiger partial charge in [-0.3, -0.25) is 4.79 Å². The van der Waals surface area contributed by atoms with E-state index in [2.05, 4.69) is 11.9 Å². The highest BCUT2D eigenvalue weighted by Gasteiger charge is 2.28. The predicted octanol–water partition coefficient (Wildman–Crippen LogP) is 0.318. The second-order valence-electron chi connectivity index (χ2n) is 3.70. The molecule has 0 aromatic carbocycles. The normalized spacial score (nSPS) is 13.8. The van der Waals surface area contributed by atoms with Crippen LogP contribution in [0.1, 0.15) is 19.3 Å². The van der Waals surface area contributed by atoms with Crippen molar-refractivity contribution in [1.29, 1.82) is 0 Å². The van der Waals surface area contributed by atoms with Crippen LogP contribution in [0, 0.1) is 0 Å². The average Bonchev–Trinajstić information content (AvgIpc) is 2.35. The number of halogens is 3. The Morgan fingerprint density at radius 1 is 1.47 bits per heavy atom. The fraction of sp³-hybridized carbons (Fsp3) is 0.727. The minimum Gasteiger partial charge on any atom is -0.400 e. The third-order valence-corrected chi connectivity index (χ3v) is 2.05. The van der Waals surface area contributed by atoms with Gasteiger partial charge in [-0.2, -0.15) is 13.2 Å². The second-order valence-corrected chi connectivity index (χ2v) is 3.70. The van der Waals surface area contributed by atoms with Crippen LogP contribution in [0.15, 0.2) is 12.7 Å². The Kier molecular flexibility index (Phi) is 11.5. The van der Waals surface area contributed by atoms with E-state index in [1.807, 2.05) is 0 Å². The van der Waals surface area contributed by atoms with Crippen molar-refractivity contribution in [2.45, 2.75) is 37.6 Å². The van der Waals surface area contributed by atoms with E-state index in [9.17, 15) is 23.1 Å². The molecule has 0 saturated heterocycles. The van der Waals surface area contributed by atoms with Crippen LogP contribution < -0.4 is 11.1 Å². The lowest BCUT2D eigenvalue weighted by molar-refractivity contribution is -0.137. The molecule has 5 N–H and O–H groups in total. The highest BCUT2D eigenvalue weighted by molar-refractivity contribution is 5.80. The van der Waals surface area contributed by atoms with Gasteiger partial charge in [-0.15, -0.1) is 6.58 Å². The van der Waals surface area contributed by atoms with Crippen LogP contribution in [0.25, 0.3) is 0 Å². The Balaban J connectivity index is 0. The van der Waals surface area contributed by atoms with Crippen molar-refractivity contribution in [3.05, 3.63) is 12.7 Å². The van der Waals surface area contributed by atoms with E-state index in [1.54, 1.807) is 0 Å². The Morgan fingerprint density at radius 3 is 2.42 bits per heavy atom. The summed E-state index contributed by atoms with van der Waals surface area (Å²) in [4.78, 5) is 11.2. The molecule has 1 amide bonds. The first kappa shape index (κ1) is 20.2. The Hall–Kier alpha value is -1.12. The minimum absolute atomic E-state index is 0.188. The van der Waals surface area contributed by atoms with Crippen LogP contribution in [0.3, 0.4) is 0 Å². The van der Waals surface area contributed by atoms with E-state index in [1.165, 1.54) is 6.08 Å². The van der Waals surface area contributed by atoms with Gasteiger partial charge in [-0.25, -0.2) is 0 Å². The van der Waals surface area contributed by atoms with Crippen molar-refractivity contribution >= 4 is 5.91 Å². The number of hydrogen-bond acceptors (Lipinski definition) is 4. The lowest BCUT2D eigenvalue weighted by Gasteiger charge is -2.16. The van der Waals surface area contributed by atoms with Gasteiger partial charge >= 0.3 is 6.18 Å². The Labute approximate surface area is 110 Å². The Bertz CT molecular complexity index is 260. The fourth-order valence-corrected chi connectivity index (χ4v) is 1.15. The first-order valence-electron chi connectivity index (χ1n) is 5.60. The number of alkyl halides is 3. The van der Waals surface area contributed by atoms with E-state index >= 15 is 0 Å². The van der Waals surface area contributed by atoms with Crippen LogP contribution in [0.5, 0.6) is 0 Å². The number of rotatable bonds is 7. The molecule has 0 heterocycles. The number of carbonyl (C=O) groups is 1. The van der Waals surface area contributed by atoms with Crippen molar-refractivity contribution in [3.8, 4) is 0 Å². The fourth-order valence-electron chi connectivity index (χ4n) is 1.15. The van der Waals surface area contributed by atoms with Gasteiger partial charge in [0.2, 0.25) is 5.91 Å². The molecular weight excluding hydrogens is 265 g/mol. The van der Waals surface area contributed by atoms with Crippen molar-refractivity contribution < 1.29 is 28.2 Å². The van der Waals surface area contributed by atoms with Gasteiger partial charge in [0.1, 0.15) is 6.10 Å². The second kappa shape index (κ2) is 10.8. The smallest absolute Gasteiger partial charge is 0.389 e. The molecule has 0 bridgehead atoms. The van der Waals surface area contributed by atoms with Gasteiger partial charge in [-0.05, 0) is 12.8 Å². The van der Waals surface area contributed by atoms with E-state index in [-0.39, 0.29) is 19.4 Å². The molecule has 0 aliphatic heterocycles. The molecule has 0 aliphatic carbocycles. The molecule has 19 heavy (non-hydrogen) atoms. The van der Waals surface area contributed by atoms with Gasteiger partial charge < -0.3 is 21.3 Å². The van der Waals surface area contributed by atoms with Gasteiger partial charge in [-0.1, -0.05) is 6.08 Å². The number of aliphatic hydroxyl groups excluding tert-OH is 2. The number of aliphatic hydroxyl groups is 2. The first-order valence-corrected chi connectivity index (χ1v) is 5.60. The van der Waals surface area contributed by atoms with Crippen molar-refractivity contribution in [2.24, 2.45) is 5.73 Å². The highest BCUT2D eigenvalue weighted by atomic mass is 19.4. The molecular formula is C11H21F3N2O3. The SMILES string of the molecule is C=CCNC(=O)C(O)CC(N)CCC(F)(F)F.CO. The molecule has 0 aromatic heterocycles. The third kappa shape index (κ3) is 13.1. The zero-order valence-corrected chi connectivity index (χ0v) is 10.8. The van der Waals surface area contributed by atoms with Crippen LogP contribution in [-0.2, 0) is 4.79 Å². The van der Waals surface area contributed by atoms with Crippen molar-refractivity contribution in [1.82, 2.24) is 5.32 Å². The lowest BCUT2D eigenvalue weighted by atomic mass is 10.0. The molecule has 0 aromatic rings. The quantitative estimate of drug-likeness (QED) is 0.507. The molecule has 8 heteroatoms. The summed E-state index contributed by atoms with van der Waals surface area (Å²) in [5, 5.41) is 18.7. The first-order chi connectivity index (χ1) is 8.76. The maximum atomic E-state index is 11.9. The zero-order valence-electron chi connectivity index (χ0n) is 10.8. The summed E-state index contributed by atoms with van der Waals surface area (Å²) in [5.41, 5.74) is 5.39. The molecule has 0 saturated carbocycles. The van der Waals surface area contributed by atoms with Crippen LogP contribution >= 0.6 is 0 Å². The maximum Gasteiger partial charge on any atom is 0.389 e. The van der Waals surface area contributed by atoms with Crippen LogP contribution in [0.4, 0.5) is 13.2 Å². The molecule has 114 valence electrons. The zero-order chi connectivity index (χ0) is 15.5. The standard InChI is InChI=1S/C10H17F3N2O2.CH4O/c1-2-5-15-9(17)8(16)6-7(14)3-4-10(11,12)13;1-2/h2,7-8,16H,1,3-6,14H2,(H,15,17);2H,1H3. The minimum atomic E-state index is -4.27. The summed E-state index contributed by atoms with van der Waals surface area (Å²) in [6.07, 6.45) is -5.76. The monoisotopic (exact) mass is 286 g/mol. The third-order valence-electron chi connectivity index (χ3n) is 2.05. The van der Waals surface area contributed by atoms with Gasteiger partial charge in [0.25, 0.3) is 0 Å². The molecule has 0 fully saturated rings. The largest absolute Gasteiger partial charge is 0.400 e. The molecule has 0 radical (unpaired) electrons. The van der Waals surface area contributed by atoms with E-state index in [0.29, 0.717) is 0 Å². The molecule has 0 spiro atoms. The summed E-state index contributed by atoms with van der Waals surface area (Å²) < 4.78 is 35.6. The number of nitrogens with two attached hydrogens (primary N) is 1. The summed E-state index contributed by atoms with van der Waals surface area (Å²) in [5.74, 6) is -0.660. The van der Waals surface area contributed by atoms with Gasteiger partial charge in [0.05, 0.1) is 0 Å². The van der Waals surface area contributed by atoms with Crippen molar-refractivity contribution in [2.75, 3.05) is 13.7 Å². The van der Waals surface area contributed by atoms with Crippen molar-refractivity contribution in [3.63, 3.8) is 0 Å². The summed E-state index contributed by atoms with van der Waals surface area (Å²) in [6, 6.07) is -0.860. The van der Waals surface area contributed by atoms with E-state index in [4.69, 9.17) is 10.8 Å². The van der Waals surface area contributed by atoms with Crippen LogP contribution in [-0.4, -0.2) is 48.1 Å². The summed E-state index contributed by atoms with van der Waals surface area (Å²) in [6.45, 7) is 3.55. The number of amides is 1. The predicted molar refractivity (Wildman–Crippen MR) is 65.2 cm³/mol. The number of carbonyl (C=O) groups excluding carboxylic acids is 1. The molecule has 2 unspecified atom stereocenters.